The molecule has 0 fully saturated rings. The first kappa shape index (κ1) is 21.8. The Kier molecular flexibility index (Phi) is 9.88. The molecule has 3 rings (SSSR count). The van der Waals surface area contributed by atoms with E-state index in [1.165, 1.54) is 36.8 Å². The molecule has 0 spiro atoms. The first-order chi connectivity index (χ1) is 11.4. The van der Waals surface area contributed by atoms with E-state index in [9.17, 15) is 29.7 Å². The van der Waals surface area contributed by atoms with Crippen molar-refractivity contribution in [3.63, 3.8) is 0 Å². The van der Waals surface area contributed by atoms with Crippen LogP contribution < -0.4 is 15.3 Å². The summed E-state index contributed by atoms with van der Waals surface area (Å²) in [5.41, 5.74) is 0.347. The minimum absolute atomic E-state index is 0. The molecule has 9 nitrogen and oxygen atoms in total. The van der Waals surface area contributed by atoms with Crippen LogP contribution >= 0.6 is 0 Å². The van der Waals surface area contributed by atoms with Crippen molar-refractivity contribution < 1.29 is 47.1 Å². The maximum atomic E-state index is 9.92. The number of aromatic amines is 3. The summed E-state index contributed by atoms with van der Waals surface area (Å²) < 4.78 is 0. The maximum Gasteiger partial charge on any atom is 3.00 e. The van der Waals surface area contributed by atoms with Crippen molar-refractivity contribution >= 4 is 17.9 Å². The fraction of sp³-hybridized carbons (Fsp3) is 0. The number of carbonyl (C=O) groups is 3. The molecule has 129 valence electrons. The molecule has 0 aliphatic carbocycles. The van der Waals surface area contributed by atoms with Crippen LogP contribution in [0.25, 0.3) is 0 Å². The number of carbonyl (C=O) groups excluding carboxylic acids is 3. The van der Waals surface area contributed by atoms with Crippen LogP contribution in [-0.4, -0.2) is 32.9 Å². The summed E-state index contributed by atoms with van der Waals surface area (Å²) in [6, 6.07) is 9.13. The van der Waals surface area contributed by atoms with E-state index in [1.807, 2.05) is 0 Å². The molecule has 25 heavy (non-hydrogen) atoms. The average molecular weight is 382 g/mol. The second-order valence-electron chi connectivity index (χ2n) is 4.11. The van der Waals surface area contributed by atoms with E-state index in [4.69, 9.17) is 0 Å². The van der Waals surface area contributed by atoms with Crippen molar-refractivity contribution in [2.24, 2.45) is 0 Å². The van der Waals surface area contributed by atoms with Gasteiger partial charge in [-0.15, -0.1) is 0 Å². The molecule has 0 aliphatic rings. The van der Waals surface area contributed by atoms with Crippen molar-refractivity contribution in [3.05, 3.63) is 72.1 Å². The predicted molar refractivity (Wildman–Crippen MR) is 75.4 cm³/mol. The minimum atomic E-state index is -1.17. The summed E-state index contributed by atoms with van der Waals surface area (Å²) in [6.45, 7) is 0. The number of rotatable bonds is 3. The quantitative estimate of drug-likeness (QED) is 0.480. The van der Waals surface area contributed by atoms with Crippen LogP contribution in [0.2, 0.25) is 0 Å². The zero-order chi connectivity index (χ0) is 17.9. The Morgan fingerprint density at radius 3 is 0.920 bits per heavy atom. The molecule has 10 heteroatoms. The first-order valence-electron chi connectivity index (χ1n) is 6.46. The van der Waals surface area contributed by atoms with Gasteiger partial charge in [0.05, 0.1) is 35.0 Å². The van der Waals surface area contributed by atoms with Gasteiger partial charge in [0.1, 0.15) is 0 Å². The molecule has 0 saturated carbocycles. The van der Waals surface area contributed by atoms with Gasteiger partial charge >= 0.3 is 17.4 Å². The second kappa shape index (κ2) is 11.3. The number of carboxylic acid groups (broad SMARTS) is 3. The molecule has 0 bridgehead atoms. The number of nitrogens with one attached hydrogen (secondary N) is 3. The number of hydrogen-bond acceptors (Lipinski definition) is 6. The summed E-state index contributed by atoms with van der Waals surface area (Å²) in [5, 5.41) is 29.8. The molecule has 0 aliphatic heterocycles. The van der Waals surface area contributed by atoms with Crippen LogP contribution in [0, 0.1) is 0 Å². The van der Waals surface area contributed by atoms with Crippen molar-refractivity contribution in [2.75, 3.05) is 0 Å². The van der Waals surface area contributed by atoms with E-state index in [-0.39, 0.29) is 34.4 Å². The monoisotopic (exact) mass is 382 g/mol. The van der Waals surface area contributed by atoms with E-state index in [0.29, 0.717) is 0 Å². The SMILES string of the molecule is O=C([O-])c1ccc[nH]1.O=C([O-])c1ccc[nH]1.O=C([O-])c1ccc[nH]1.[Cr+3]. The summed E-state index contributed by atoms with van der Waals surface area (Å²) in [4.78, 5) is 37.2. The third kappa shape index (κ3) is 8.27. The number of hydrogen-bond donors (Lipinski definition) is 3. The predicted octanol–water partition coefficient (Wildman–Crippen LogP) is -1.87. The van der Waals surface area contributed by atoms with Gasteiger partial charge in [-0.1, -0.05) is 0 Å². The van der Waals surface area contributed by atoms with E-state index < -0.39 is 17.9 Å². The molecule has 1 radical (unpaired) electrons. The largest absolute Gasteiger partial charge is 3.00 e. The van der Waals surface area contributed by atoms with E-state index in [0.717, 1.165) is 0 Å². The Hall–Kier alpha value is -3.22. The minimum Gasteiger partial charge on any atom is -0.543 e. The van der Waals surface area contributed by atoms with E-state index in [2.05, 4.69) is 15.0 Å². The van der Waals surface area contributed by atoms with E-state index >= 15 is 0 Å². The van der Waals surface area contributed by atoms with Crippen molar-refractivity contribution in [1.29, 1.82) is 0 Å². The molecular weight excluding hydrogens is 370 g/mol. The average Bonchev–Trinajstić information content (AvgIpc) is 3.29. The zero-order valence-corrected chi connectivity index (χ0v) is 13.8. The molecule has 3 aromatic heterocycles. The molecule has 0 atom stereocenters. The van der Waals surface area contributed by atoms with Gasteiger partial charge in [-0.05, 0) is 36.4 Å². The third-order valence-corrected chi connectivity index (χ3v) is 2.45. The fourth-order valence-electron chi connectivity index (χ4n) is 1.37. The number of aromatic nitrogens is 3. The number of aromatic carboxylic acids is 3. The van der Waals surface area contributed by atoms with Crippen LogP contribution in [0.4, 0.5) is 0 Å². The van der Waals surface area contributed by atoms with Gasteiger partial charge in [-0.3, -0.25) is 0 Å². The number of H-pyrrole nitrogens is 3. The standard InChI is InChI=1S/3C5H5NO2.Cr/c3*7-5(8)4-2-1-3-6-4;/h3*1-3,6H,(H,7,8);/q;;;+3/p-3. The van der Waals surface area contributed by atoms with Crippen LogP contribution in [0.5, 0.6) is 0 Å². The van der Waals surface area contributed by atoms with Gasteiger partial charge in [-0.25, -0.2) is 0 Å². The molecule has 3 heterocycles. The topological polar surface area (TPSA) is 168 Å². The van der Waals surface area contributed by atoms with Crippen LogP contribution in [0.3, 0.4) is 0 Å². The molecule has 0 aromatic carbocycles. The van der Waals surface area contributed by atoms with Gasteiger partial charge in [0.15, 0.2) is 0 Å². The van der Waals surface area contributed by atoms with Crippen LogP contribution in [0.1, 0.15) is 31.5 Å². The maximum absolute atomic E-state index is 9.92. The van der Waals surface area contributed by atoms with Gasteiger partial charge in [0.25, 0.3) is 0 Å². The molecular formula is C15H12CrN3O6. The van der Waals surface area contributed by atoms with Crippen LogP contribution in [-0.2, 0) is 17.4 Å². The Morgan fingerprint density at radius 1 is 0.600 bits per heavy atom. The molecule has 0 saturated heterocycles. The van der Waals surface area contributed by atoms with Crippen molar-refractivity contribution in [2.45, 2.75) is 0 Å². The Labute approximate surface area is 152 Å². The summed E-state index contributed by atoms with van der Waals surface area (Å²) in [7, 11) is 0. The van der Waals surface area contributed by atoms with Gasteiger partial charge in [0.2, 0.25) is 0 Å². The number of carboxylic acids is 3. The Bertz CT molecular complexity index is 646. The first-order valence-corrected chi connectivity index (χ1v) is 6.46. The molecule has 0 unspecified atom stereocenters. The molecule has 3 aromatic rings. The fourth-order valence-corrected chi connectivity index (χ4v) is 1.37. The molecule has 0 amide bonds. The van der Waals surface area contributed by atoms with E-state index in [1.54, 1.807) is 18.2 Å². The summed E-state index contributed by atoms with van der Waals surface area (Å²) in [6.07, 6.45) is 4.60. The zero-order valence-electron chi connectivity index (χ0n) is 12.6. The smallest absolute Gasteiger partial charge is 0.543 e. The third-order valence-electron chi connectivity index (χ3n) is 2.45. The van der Waals surface area contributed by atoms with Gasteiger partial charge in [-0.2, -0.15) is 0 Å². The molecule has 3 N–H and O–H groups in total. The van der Waals surface area contributed by atoms with Crippen LogP contribution in [0.15, 0.2) is 55.0 Å². The van der Waals surface area contributed by atoms with Gasteiger partial charge in [0, 0.05) is 18.6 Å². The van der Waals surface area contributed by atoms with Crippen molar-refractivity contribution in [1.82, 2.24) is 15.0 Å². The van der Waals surface area contributed by atoms with Crippen molar-refractivity contribution in [3.8, 4) is 0 Å². The summed E-state index contributed by atoms with van der Waals surface area (Å²) >= 11 is 0. The Balaban J connectivity index is 0.000000339. The second-order valence-corrected chi connectivity index (χ2v) is 4.11. The Morgan fingerprint density at radius 2 is 0.840 bits per heavy atom. The van der Waals surface area contributed by atoms with Gasteiger partial charge < -0.3 is 44.7 Å². The summed E-state index contributed by atoms with van der Waals surface area (Å²) in [5.74, 6) is -3.51. The normalized spacial score (nSPS) is 8.64.